The molecule has 1 aliphatic rings. The summed E-state index contributed by atoms with van der Waals surface area (Å²) >= 11 is 0. The zero-order chi connectivity index (χ0) is 25.3. The van der Waals surface area contributed by atoms with Crippen molar-refractivity contribution in [2.24, 2.45) is 5.92 Å². The first-order valence-electron chi connectivity index (χ1n) is 11.5. The number of hydrogen-bond acceptors (Lipinski definition) is 8. The Kier molecular flexibility index (Phi) is 6.42. The van der Waals surface area contributed by atoms with Gasteiger partial charge in [0.1, 0.15) is 0 Å². The van der Waals surface area contributed by atoms with Crippen LogP contribution < -0.4 is 5.32 Å². The van der Waals surface area contributed by atoms with Gasteiger partial charge >= 0.3 is 0 Å². The molecule has 2 aromatic carbocycles. The maximum absolute atomic E-state index is 13.5. The van der Waals surface area contributed by atoms with Gasteiger partial charge in [0, 0.05) is 48.8 Å². The molecule has 0 atom stereocenters. The highest BCUT2D eigenvalue weighted by Crippen LogP contribution is 2.30. The van der Waals surface area contributed by atoms with Crippen LogP contribution in [0.4, 0.5) is 5.69 Å². The molecule has 0 saturated carbocycles. The second kappa shape index (κ2) is 9.67. The van der Waals surface area contributed by atoms with Gasteiger partial charge in [0.05, 0.1) is 11.1 Å². The SMILES string of the molecule is Cc1nc(-c2ccc(C)c(S(=O)(=O)N3CCC(C(=O)Nc4cccc(-c5ccno5)c4)CC3)c2)no1. The van der Waals surface area contributed by atoms with Crippen LogP contribution in [0.1, 0.15) is 24.3 Å². The summed E-state index contributed by atoms with van der Waals surface area (Å²) < 4.78 is 38.6. The number of sulfonamides is 1. The van der Waals surface area contributed by atoms with Crippen LogP contribution in [0.3, 0.4) is 0 Å². The van der Waals surface area contributed by atoms with Crippen molar-refractivity contribution >= 4 is 21.6 Å². The van der Waals surface area contributed by atoms with Gasteiger partial charge in [0.15, 0.2) is 5.76 Å². The third-order valence-electron chi connectivity index (χ3n) is 6.27. The number of anilines is 1. The molecule has 11 heteroatoms. The highest BCUT2D eigenvalue weighted by atomic mass is 32.2. The van der Waals surface area contributed by atoms with Gasteiger partial charge < -0.3 is 14.4 Å². The van der Waals surface area contributed by atoms with Crippen LogP contribution in [0.2, 0.25) is 0 Å². The molecule has 5 rings (SSSR count). The number of hydrogen-bond donors (Lipinski definition) is 1. The van der Waals surface area contributed by atoms with Crippen LogP contribution in [0, 0.1) is 19.8 Å². The molecular weight excluding hydrogens is 482 g/mol. The maximum atomic E-state index is 13.5. The van der Waals surface area contributed by atoms with Crippen molar-refractivity contribution in [3.8, 4) is 22.7 Å². The van der Waals surface area contributed by atoms with Crippen LogP contribution >= 0.6 is 0 Å². The van der Waals surface area contributed by atoms with Crippen LogP contribution in [0.15, 0.2) is 68.7 Å². The van der Waals surface area contributed by atoms with Crippen molar-refractivity contribution in [3.63, 3.8) is 0 Å². The van der Waals surface area contributed by atoms with Gasteiger partial charge in [0.25, 0.3) is 0 Å². The van der Waals surface area contributed by atoms with E-state index in [0.29, 0.717) is 47.1 Å². The highest BCUT2D eigenvalue weighted by Gasteiger charge is 2.33. The monoisotopic (exact) mass is 507 g/mol. The number of aromatic nitrogens is 3. The Morgan fingerprint density at radius 1 is 1.03 bits per heavy atom. The van der Waals surface area contributed by atoms with Crippen molar-refractivity contribution < 1.29 is 22.3 Å². The van der Waals surface area contributed by atoms with Crippen molar-refractivity contribution in [3.05, 3.63) is 66.2 Å². The second-order valence-electron chi connectivity index (χ2n) is 8.74. The van der Waals surface area contributed by atoms with E-state index in [1.807, 2.05) is 18.2 Å². The molecule has 1 N–H and O–H groups in total. The zero-order valence-corrected chi connectivity index (χ0v) is 20.7. The van der Waals surface area contributed by atoms with Gasteiger partial charge in [-0.15, -0.1) is 0 Å². The Balaban J connectivity index is 1.26. The molecule has 1 fully saturated rings. The fourth-order valence-electron chi connectivity index (χ4n) is 4.29. The molecule has 0 bridgehead atoms. The number of carbonyl (C=O) groups is 1. The average Bonchev–Trinajstić information content (AvgIpc) is 3.57. The lowest BCUT2D eigenvalue weighted by molar-refractivity contribution is -0.120. The summed E-state index contributed by atoms with van der Waals surface area (Å²) in [5.74, 6) is 0.928. The predicted octanol–water partition coefficient (Wildman–Crippen LogP) is 4.05. The quantitative estimate of drug-likeness (QED) is 0.413. The number of aryl methyl sites for hydroxylation is 2. The summed E-state index contributed by atoms with van der Waals surface area (Å²) in [7, 11) is -3.76. The maximum Gasteiger partial charge on any atom is 0.243 e. The minimum Gasteiger partial charge on any atom is -0.356 e. The summed E-state index contributed by atoms with van der Waals surface area (Å²) in [5.41, 5.74) is 2.65. The van der Waals surface area contributed by atoms with Crippen molar-refractivity contribution in [2.45, 2.75) is 31.6 Å². The first-order chi connectivity index (χ1) is 17.3. The van der Waals surface area contributed by atoms with Crippen LogP contribution in [-0.2, 0) is 14.8 Å². The molecule has 1 aliphatic heterocycles. The van der Waals surface area contributed by atoms with Gasteiger partial charge in [-0.05, 0) is 43.5 Å². The molecule has 186 valence electrons. The molecule has 1 saturated heterocycles. The van der Waals surface area contributed by atoms with Crippen LogP contribution in [-0.4, -0.2) is 47.0 Å². The van der Waals surface area contributed by atoms with E-state index in [9.17, 15) is 13.2 Å². The van der Waals surface area contributed by atoms with E-state index in [0.717, 1.165) is 5.56 Å². The van der Waals surface area contributed by atoms with Crippen molar-refractivity contribution in [1.29, 1.82) is 0 Å². The molecule has 1 amide bonds. The van der Waals surface area contributed by atoms with Gasteiger partial charge in [-0.1, -0.05) is 34.6 Å². The topological polar surface area (TPSA) is 131 Å². The average molecular weight is 508 g/mol. The third kappa shape index (κ3) is 4.79. The lowest BCUT2D eigenvalue weighted by Gasteiger charge is -2.31. The Bertz CT molecular complexity index is 1490. The van der Waals surface area contributed by atoms with Crippen LogP contribution in [0.5, 0.6) is 0 Å². The predicted molar refractivity (Wildman–Crippen MR) is 131 cm³/mol. The van der Waals surface area contributed by atoms with Gasteiger partial charge in [-0.2, -0.15) is 9.29 Å². The van der Waals surface area contributed by atoms with E-state index in [1.165, 1.54) is 4.31 Å². The molecular formula is C25H25N5O5S. The molecule has 3 heterocycles. The smallest absolute Gasteiger partial charge is 0.243 e. The molecule has 0 unspecified atom stereocenters. The minimum atomic E-state index is -3.76. The molecule has 0 spiro atoms. The normalized spacial score (nSPS) is 15.2. The van der Waals surface area contributed by atoms with E-state index in [1.54, 1.807) is 50.4 Å². The number of nitrogens with one attached hydrogen (secondary N) is 1. The lowest BCUT2D eigenvalue weighted by atomic mass is 9.97. The zero-order valence-electron chi connectivity index (χ0n) is 19.8. The molecule has 36 heavy (non-hydrogen) atoms. The summed E-state index contributed by atoms with van der Waals surface area (Å²) in [6, 6.07) is 14.2. The third-order valence-corrected chi connectivity index (χ3v) is 8.31. The fourth-order valence-corrected chi connectivity index (χ4v) is 6.01. The highest BCUT2D eigenvalue weighted by molar-refractivity contribution is 7.89. The number of benzene rings is 2. The molecule has 0 radical (unpaired) electrons. The van der Waals surface area contributed by atoms with Crippen molar-refractivity contribution in [2.75, 3.05) is 18.4 Å². The molecule has 0 aliphatic carbocycles. The van der Waals surface area contributed by atoms with E-state index in [2.05, 4.69) is 20.6 Å². The number of amides is 1. The minimum absolute atomic E-state index is 0.132. The van der Waals surface area contributed by atoms with Gasteiger partial charge in [-0.3, -0.25) is 4.79 Å². The number of nitrogens with zero attached hydrogens (tertiary/aromatic N) is 4. The molecule has 2 aromatic heterocycles. The molecule has 4 aromatic rings. The summed E-state index contributed by atoms with van der Waals surface area (Å²) in [6.07, 6.45) is 2.41. The van der Waals surface area contributed by atoms with E-state index in [-0.39, 0.29) is 29.8 Å². The second-order valence-corrected chi connectivity index (χ2v) is 10.6. The lowest BCUT2D eigenvalue weighted by Crippen LogP contribution is -2.41. The first-order valence-corrected chi connectivity index (χ1v) is 13.0. The first kappa shape index (κ1) is 23.9. The van der Waals surface area contributed by atoms with Gasteiger partial charge in [0.2, 0.25) is 27.6 Å². The summed E-state index contributed by atoms with van der Waals surface area (Å²) in [6.45, 7) is 3.94. The number of rotatable bonds is 6. The van der Waals surface area contributed by atoms with Crippen molar-refractivity contribution in [1.82, 2.24) is 19.6 Å². The standard InChI is InChI=1S/C25H25N5O5S/c1-16-6-7-20(24-27-17(2)34-29-24)15-23(16)36(32,33)30-12-9-18(10-13-30)25(31)28-21-5-3-4-19(14-21)22-8-11-26-35-22/h3-8,11,14-15,18H,9-10,12-13H2,1-2H3,(H,28,31). The summed E-state index contributed by atoms with van der Waals surface area (Å²) in [5, 5.41) is 10.5. The summed E-state index contributed by atoms with van der Waals surface area (Å²) in [4.78, 5) is 17.3. The number of carbonyl (C=O) groups excluding carboxylic acids is 1. The van der Waals surface area contributed by atoms with E-state index < -0.39 is 10.0 Å². The Hall–Kier alpha value is -3.83. The Morgan fingerprint density at radius 2 is 1.83 bits per heavy atom. The van der Waals surface area contributed by atoms with E-state index >= 15 is 0 Å². The Morgan fingerprint density at radius 3 is 2.53 bits per heavy atom. The number of piperidine rings is 1. The van der Waals surface area contributed by atoms with E-state index in [4.69, 9.17) is 9.05 Å². The largest absolute Gasteiger partial charge is 0.356 e. The van der Waals surface area contributed by atoms with Gasteiger partial charge in [-0.25, -0.2) is 8.42 Å². The van der Waals surface area contributed by atoms with Crippen LogP contribution in [0.25, 0.3) is 22.7 Å². The fraction of sp³-hybridized carbons (Fsp3) is 0.280. The Labute approximate surface area is 208 Å². The molecule has 10 nitrogen and oxygen atoms in total.